The molecule has 2 aromatic rings. The number of methoxy groups -OCH3 is 1. The number of rotatable bonds is 8. The minimum atomic E-state index is -3.72. The van der Waals surface area contributed by atoms with Crippen LogP contribution >= 0.6 is 19.1 Å². The summed E-state index contributed by atoms with van der Waals surface area (Å²) < 4.78 is 32.4. The van der Waals surface area contributed by atoms with Crippen molar-refractivity contribution in [3.63, 3.8) is 0 Å². The van der Waals surface area contributed by atoms with E-state index in [1.54, 1.807) is 18.5 Å². The predicted octanol–water partition coefficient (Wildman–Crippen LogP) is 5.34. The summed E-state index contributed by atoms with van der Waals surface area (Å²) in [6, 6.07) is 10.9. The molecule has 2 atom stereocenters. The van der Waals surface area contributed by atoms with Crippen molar-refractivity contribution in [2.75, 3.05) is 26.9 Å². The average Bonchev–Trinajstić information content (AvgIpc) is 3.28. The third kappa shape index (κ3) is 4.05. The maximum Gasteiger partial charge on any atom is 0.409 e. The first kappa shape index (κ1) is 22.9. The van der Waals surface area contributed by atoms with Gasteiger partial charge in [0.2, 0.25) is 0 Å². The normalized spacial score (nSPS) is 22.8. The highest BCUT2D eigenvalue weighted by Gasteiger charge is 2.58. The van der Waals surface area contributed by atoms with Gasteiger partial charge in [-0.25, -0.2) is 4.57 Å². The standard InChI is InChI=1S/C22H28NO5PS/c1-5-27-29(25,28-6-2)23-15-17(3)14-22(21(24)26-4,19-12-13-30-16-19)20(23)18-10-8-7-9-11-18/h7-13,16,20H,3,5-6,14-15H2,1-2,4H3/t20-,22+/m0/s1. The van der Waals surface area contributed by atoms with E-state index < -0.39 is 25.2 Å². The Balaban J connectivity index is 2.31. The van der Waals surface area contributed by atoms with Crippen LogP contribution in [0.4, 0.5) is 0 Å². The number of nitrogens with zero attached hydrogens (tertiary/aromatic N) is 1. The fourth-order valence-electron chi connectivity index (χ4n) is 4.22. The van der Waals surface area contributed by atoms with E-state index in [1.807, 2.05) is 47.2 Å². The maximum absolute atomic E-state index is 14.0. The maximum atomic E-state index is 14.0. The van der Waals surface area contributed by atoms with Crippen LogP contribution in [0.1, 0.15) is 37.4 Å². The number of hydrogen-bond acceptors (Lipinski definition) is 6. The Morgan fingerprint density at radius 1 is 1.23 bits per heavy atom. The Hall–Kier alpha value is -1.76. The molecule has 1 aromatic carbocycles. The van der Waals surface area contributed by atoms with Gasteiger partial charge >= 0.3 is 13.7 Å². The van der Waals surface area contributed by atoms with E-state index in [0.717, 1.165) is 16.7 Å². The number of carbonyl (C=O) groups excluding carboxylic acids is 1. The van der Waals surface area contributed by atoms with Gasteiger partial charge in [0.05, 0.1) is 26.4 Å². The second kappa shape index (κ2) is 9.58. The van der Waals surface area contributed by atoms with Gasteiger partial charge < -0.3 is 4.74 Å². The molecule has 1 aromatic heterocycles. The number of piperidine rings is 1. The lowest BCUT2D eigenvalue weighted by Gasteiger charge is -2.50. The zero-order valence-corrected chi connectivity index (χ0v) is 19.3. The summed E-state index contributed by atoms with van der Waals surface area (Å²) in [5.74, 6) is -0.403. The zero-order valence-electron chi connectivity index (χ0n) is 17.6. The molecular weight excluding hydrogens is 421 g/mol. The van der Waals surface area contributed by atoms with E-state index >= 15 is 0 Å². The van der Waals surface area contributed by atoms with Crippen LogP contribution in [0.3, 0.4) is 0 Å². The minimum absolute atomic E-state index is 0.214. The van der Waals surface area contributed by atoms with Gasteiger partial charge in [-0.2, -0.15) is 16.0 Å². The van der Waals surface area contributed by atoms with Crippen LogP contribution in [0.5, 0.6) is 0 Å². The summed E-state index contributed by atoms with van der Waals surface area (Å²) >= 11 is 1.50. The fraction of sp³-hybridized carbons (Fsp3) is 0.409. The molecule has 0 saturated carbocycles. The lowest BCUT2D eigenvalue weighted by molar-refractivity contribution is -0.151. The molecule has 1 aliphatic heterocycles. The van der Waals surface area contributed by atoms with Gasteiger partial charge in [0.15, 0.2) is 0 Å². The number of benzene rings is 1. The van der Waals surface area contributed by atoms with Crippen LogP contribution in [-0.4, -0.2) is 37.5 Å². The smallest absolute Gasteiger partial charge is 0.409 e. The molecule has 0 bridgehead atoms. The SMILES string of the molecule is C=C1CN(P(=O)(OCC)OCC)[C@@H](c2ccccc2)[C@](C(=O)OC)(c2ccsc2)C1. The van der Waals surface area contributed by atoms with E-state index in [0.29, 0.717) is 13.0 Å². The van der Waals surface area contributed by atoms with Crippen molar-refractivity contribution in [1.82, 2.24) is 4.67 Å². The first-order chi connectivity index (χ1) is 14.4. The molecule has 0 radical (unpaired) electrons. The van der Waals surface area contributed by atoms with Gasteiger partial charge in [0.25, 0.3) is 0 Å². The predicted molar refractivity (Wildman–Crippen MR) is 119 cm³/mol. The summed E-state index contributed by atoms with van der Waals surface area (Å²) in [7, 11) is -2.34. The van der Waals surface area contributed by atoms with Crippen LogP contribution in [0.25, 0.3) is 0 Å². The third-order valence-corrected chi connectivity index (χ3v) is 8.13. The molecule has 0 N–H and O–H groups in total. The van der Waals surface area contributed by atoms with Gasteiger partial charge in [-0.1, -0.05) is 42.5 Å². The summed E-state index contributed by atoms with van der Waals surface area (Å²) in [5, 5.41) is 3.87. The van der Waals surface area contributed by atoms with Crippen molar-refractivity contribution in [3.05, 3.63) is 70.4 Å². The summed E-state index contributed by atoms with van der Waals surface area (Å²) in [6.07, 6.45) is 0.380. The van der Waals surface area contributed by atoms with Crippen LogP contribution in [-0.2, 0) is 28.6 Å². The van der Waals surface area contributed by atoms with Crippen LogP contribution < -0.4 is 0 Å². The van der Waals surface area contributed by atoms with Gasteiger partial charge in [0.1, 0.15) is 5.41 Å². The van der Waals surface area contributed by atoms with Gasteiger partial charge in [-0.05, 0) is 48.2 Å². The van der Waals surface area contributed by atoms with Crippen molar-refractivity contribution >= 4 is 25.1 Å². The first-order valence-electron chi connectivity index (χ1n) is 9.91. The molecule has 0 amide bonds. The molecule has 0 unspecified atom stereocenters. The number of ether oxygens (including phenoxy) is 1. The van der Waals surface area contributed by atoms with Gasteiger partial charge in [0, 0.05) is 6.54 Å². The largest absolute Gasteiger partial charge is 0.468 e. The molecule has 1 fully saturated rings. The van der Waals surface area contributed by atoms with Gasteiger partial charge in [-0.3, -0.25) is 13.8 Å². The summed E-state index contributed by atoms with van der Waals surface area (Å²) in [6.45, 7) is 8.43. The molecule has 30 heavy (non-hydrogen) atoms. The zero-order chi connectivity index (χ0) is 21.8. The second-order valence-corrected chi connectivity index (χ2v) is 9.86. The molecule has 0 spiro atoms. The molecule has 3 rings (SSSR count). The average molecular weight is 450 g/mol. The van der Waals surface area contributed by atoms with E-state index in [1.165, 1.54) is 18.4 Å². The van der Waals surface area contributed by atoms with Crippen LogP contribution in [0, 0.1) is 0 Å². The summed E-state index contributed by atoms with van der Waals surface area (Å²) in [5.41, 5.74) is 1.27. The molecule has 8 heteroatoms. The lowest BCUT2D eigenvalue weighted by atomic mass is 9.66. The topological polar surface area (TPSA) is 65.1 Å². The molecule has 6 nitrogen and oxygen atoms in total. The number of hydrogen-bond donors (Lipinski definition) is 0. The summed E-state index contributed by atoms with van der Waals surface area (Å²) in [4.78, 5) is 13.4. The van der Waals surface area contributed by atoms with Crippen molar-refractivity contribution in [2.24, 2.45) is 0 Å². The monoisotopic (exact) mass is 449 g/mol. The number of carbonyl (C=O) groups is 1. The Morgan fingerprint density at radius 3 is 2.43 bits per heavy atom. The molecule has 0 aliphatic carbocycles. The van der Waals surface area contributed by atoms with Crippen LogP contribution in [0.2, 0.25) is 0 Å². The lowest BCUT2D eigenvalue weighted by Crippen LogP contribution is -2.53. The quantitative estimate of drug-likeness (QED) is 0.308. The van der Waals surface area contributed by atoms with E-state index in [9.17, 15) is 9.36 Å². The Morgan fingerprint density at radius 2 is 1.90 bits per heavy atom. The molecule has 1 saturated heterocycles. The molecule has 1 aliphatic rings. The molecule has 162 valence electrons. The fourth-order valence-corrected chi connectivity index (χ4v) is 6.97. The second-order valence-electron chi connectivity index (χ2n) is 7.12. The molecular formula is C22H28NO5PS. The highest BCUT2D eigenvalue weighted by atomic mass is 32.1. The van der Waals surface area contributed by atoms with Gasteiger partial charge in [-0.15, -0.1) is 0 Å². The van der Waals surface area contributed by atoms with E-state index in [2.05, 4.69) is 6.58 Å². The molecule has 2 heterocycles. The Kier molecular flexibility index (Phi) is 7.32. The van der Waals surface area contributed by atoms with E-state index in [4.69, 9.17) is 13.8 Å². The van der Waals surface area contributed by atoms with Crippen molar-refractivity contribution < 1.29 is 23.1 Å². The minimum Gasteiger partial charge on any atom is -0.468 e. The Labute approximate surface area is 182 Å². The van der Waals surface area contributed by atoms with Crippen LogP contribution in [0.15, 0.2) is 59.3 Å². The Bertz CT molecular complexity index is 907. The van der Waals surface area contributed by atoms with E-state index in [-0.39, 0.29) is 13.2 Å². The third-order valence-electron chi connectivity index (χ3n) is 5.28. The van der Waals surface area contributed by atoms with Crippen molar-refractivity contribution in [3.8, 4) is 0 Å². The highest BCUT2D eigenvalue weighted by Crippen LogP contribution is 2.63. The van der Waals surface area contributed by atoms with Crippen molar-refractivity contribution in [1.29, 1.82) is 0 Å². The number of thiophene rings is 1. The van der Waals surface area contributed by atoms with Crippen molar-refractivity contribution in [2.45, 2.75) is 31.7 Å². The number of esters is 1. The highest BCUT2D eigenvalue weighted by molar-refractivity contribution is 7.51. The first-order valence-corrected chi connectivity index (χ1v) is 12.4.